The van der Waals surface area contributed by atoms with Crippen LogP contribution in [0.3, 0.4) is 0 Å². The molecule has 0 aliphatic carbocycles. The molecule has 2 rings (SSSR count). The fraction of sp³-hybridized carbons (Fsp3) is 0.474. The van der Waals surface area contributed by atoms with Crippen LogP contribution in [0, 0.1) is 11.3 Å². The SMILES string of the molecule is N#CC1CCCN1C(=O)CNCCC(=O)NCCNC(=O)c1ccccc1. The number of carbonyl (C=O) groups is 3. The van der Waals surface area contributed by atoms with E-state index in [1.807, 2.05) is 6.07 Å². The summed E-state index contributed by atoms with van der Waals surface area (Å²) in [5, 5.41) is 17.4. The number of amides is 3. The number of nitriles is 1. The normalized spacial score (nSPS) is 15.8. The molecule has 1 atom stereocenters. The highest BCUT2D eigenvalue weighted by molar-refractivity contribution is 5.94. The molecular formula is C19H25N5O3. The largest absolute Gasteiger partial charge is 0.354 e. The van der Waals surface area contributed by atoms with Crippen molar-refractivity contribution >= 4 is 17.7 Å². The zero-order valence-electron chi connectivity index (χ0n) is 15.2. The topological polar surface area (TPSA) is 114 Å². The van der Waals surface area contributed by atoms with E-state index in [0.717, 1.165) is 12.8 Å². The molecule has 1 fully saturated rings. The lowest BCUT2D eigenvalue weighted by molar-refractivity contribution is -0.130. The van der Waals surface area contributed by atoms with Gasteiger partial charge in [-0.1, -0.05) is 18.2 Å². The number of hydrogen-bond donors (Lipinski definition) is 3. The van der Waals surface area contributed by atoms with Crippen LogP contribution in [0.1, 0.15) is 29.6 Å². The highest BCUT2D eigenvalue weighted by atomic mass is 16.2. The summed E-state index contributed by atoms with van der Waals surface area (Å²) in [6.07, 6.45) is 1.82. The summed E-state index contributed by atoms with van der Waals surface area (Å²) < 4.78 is 0. The minimum atomic E-state index is -0.325. The number of nitrogens with one attached hydrogen (secondary N) is 3. The molecule has 1 aliphatic heterocycles. The summed E-state index contributed by atoms with van der Waals surface area (Å²) in [5.41, 5.74) is 0.578. The Bertz CT molecular complexity index is 686. The maximum atomic E-state index is 12.0. The van der Waals surface area contributed by atoms with Gasteiger partial charge >= 0.3 is 0 Å². The Kier molecular flexibility index (Phi) is 8.26. The summed E-state index contributed by atoms with van der Waals surface area (Å²) in [6.45, 7) is 1.80. The summed E-state index contributed by atoms with van der Waals surface area (Å²) in [4.78, 5) is 37.2. The van der Waals surface area contributed by atoms with Crippen LogP contribution in [0.4, 0.5) is 0 Å². The predicted molar refractivity (Wildman–Crippen MR) is 99.6 cm³/mol. The molecule has 0 spiro atoms. The van der Waals surface area contributed by atoms with Crippen molar-refractivity contribution in [2.75, 3.05) is 32.7 Å². The van der Waals surface area contributed by atoms with Gasteiger partial charge in [-0.3, -0.25) is 14.4 Å². The van der Waals surface area contributed by atoms with Crippen molar-refractivity contribution < 1.29 is 14.4 Å². The van der Waals surface area contributed by atoms with Gasteiger partial charge in [0, 0.05) is 38.2 Å². The smallest absolute Gasteiger partial charge is 0.251 e. The highest BCUT2D eigenvalue weighted by Gasteiger charge is 2.27. The lowest BCUT2D eigenvalue weighted by Gasteiger charge is -2.19. The maximum Gasteiger partial charge on any atom is 0.251 e. The van der Waals surface area contributed by atoms with Gasteiger partial charge in [0.1, 0.15) is 6.04 Å². The van der Waals surface area contributed by atoms with E-state index in [4.69, 9.17) is 5.26 Å². The second-order valence-electron chi connectivity index (χ2n) is 6.27. The van der Waals surface area contributed by atoms with Gasteiger partial charge < -0.3 is 20.9 Å². The Labute approximate surface area is 158 Å². The first-order valence-corrected chi connectivity index (χ1v) is 9.11. The van der Waals surface area contributed by atoms with Crippen LogP contribution < -0.4 is 16.0 Å². The number of rotatable bonds is 9. The lowest BCUT2D eigenvalue weighted by Crippen LogP contribution is -2.41. The molecule has 27 heavy (non-hydrogen) atoms. The first-order valence-electron chi connectivity index (χ1n) is 9.11. The van der Waals surface area contributed by atoms with Crippen molar-refractivity contribution in [3.8, 4) is 6.07 Å². The van der Waals surface area contributed by atoms with Crippen molar-refractivity contribution in [1.29, 1.82) is 5.26 Å². The number of nitrogens with zero attached hydrogens (tertiary/aromatic N) is 2. The molecule has 144 valence electrons. The van der Waals surface area contributed by atoms with Gasteiger partial charge in [0.2, 0.25) is 11.8 Å². The van der Waals surface area contributed by atoms with E-state index < -0.39 is 0 Å². The zero-order chi connectivity index (χ0) is 19.5. The molecule has 1 aliphatic rings. The fourth-order valence-corrected chi connectivity index (χ4v) is 2.86. The van der Waals surface area contributed by atoms with Gasteiger partial charge in [0.05, 0.1) is 12.6 Å². The molecule has 0 radical (unpaired) electrons. The molecule has 8 heteroatoms. The standard InChI is InChI=1S/C19H25N5O3/c20-13-16-7-4-12-24(16)18(26)14-21-9-8-17(25)22-10-11-23-19(27)15-5-2-1-3-6-15/h1-3,5-6,16,21H,4,7-12,14H2,(H,22,25)(H,23,27). The Balaban J connectivity index is 1.52. The number of hydrogen-bond acceptors (Lipinski definition) is 5. The lowest BCUT2D eigenvalue weighted by atomic mass is 10.2. The molecule has 3 N–H and O–H groups in total. The van der Waals surface area contributed by atoms with Crippen molar-refractivity contribution in [2.45, 2.75) is 25.3 Å². The van der Waals surface area contributed by atoms with E-state index in [2.05, 4.69) is 22.0 Å². The molecule has 1 unspecified atom stereocenters. The molecular weight excluding hydrogens is 346 g/mol. The van der Waals surface area contributed by atoms with Gasteiger partial charge in [-0.25, -0.2) is 0 Å². The Morgan fingerprint density at radius 2 is 1.85 bits per heavy atom. The average molecular weight is 371 g/mol. The van der Waals surface area contributed by atoms with E-state index >= 15 is 0 Å². The molecule has 1 saturated heterocycles. The van der Waals surface area contributed by atoms with Gasteiger partial charge in [0.25, 0.3) is 5.91 Å². The molecule has 0 aromatic heterocycles. The first kappa shape index (κ1) is 20.4. The third-order valence-corrected chi connectivity index (χ3v) is 4.30. The van der Waals surface area contributed by atoms with Gasteiger partial charge in [0.15, 0.2) is 0 Å². The monoisotopic (exact) mass is 371 g/mol. The van der Waals surface area contributed by atoms with E-state index in [1.54, 1.807) is 29.2 Å². The van der Waals surface area contributed by atoms with Crippen molar-refractivity contribution in [2.24, 2.45) is 0 Å². The third-order valence-electron chi connectivity index (χ3n) is 4.30. The fourth-order valence-electron chi connectivity index (χ4n) is 2.86. The van der Waals surface area contributed by atoms with Crippen LogP contribution in [0.15, 0.2) is 30.3 Å². The molecule has 8 nitrogen and oxygen atoms in total. The van der Waals surface area contributed by atoms with Crippen LogP contribution in [-0.4, -0.2) is 61.4 Å². The van der Waals surface area contributed by atoms with Crippen LogP contribution in [0.5, 0.6) is 0 Å². The van der Waals surface area contributed by atoms with Crippen molar-refractivity contribution in [1.82, 2.24) is 20.9 Å². The van der Waals surface area contributed by atoms with Gasteiger partial charge in [-0.15, -0.1) is 0 Å². The van der Waals surface area contributed by atoms with Gasteiger partial charge in [-0.05, 0) is 25.0 Å². The van der Waals surface area contributed by atoms with E-state index in [1.165, 1.54) is 0 Å². The Morgan fingerprint density at radius 3 is 2.59 bits per heavy atom. The van der Waals surface area contributed by atoms with Crippen LogP contribution >= 0.6 is 0 Å². The first-order chi connectivity index (χ1) is 13.1. The minimum absolute atomic E-state index is 0.108. The van der Waals surface area contributed by atoms with E-state index in [-0.39, 0.29) is 36.7 Å². The van der Waals surface area contributed by atoms with Crippen LogP contribution in [0.2, 0.25) is 0 Å². The molecule has 1 aromatic carbocycles. The molecule has 1 heterocycles. The Hall–Kier alpha value is -2.92. The number of carbonyl (C=O) groups excluding carboxylic acids is 3. The maximum absolute atomic E-state index is 12.0. The minimum Gasteiger partial charge on any atom is -0.354 e. The Morgan fingerprint density at radius 1 is 1.11 bits per heavy atom. The quantitative estimate of drug-likeness (QED) is 0.530. The molecule has 0 saturated carbocycles. The van der Waals surface area contributed by atoms with Crippen molar-refractivity contribution in [3.63, 3.8) is 0 Å². The predicted octanol–water partition coefficient (Wildman–Crippen LogP) is 0.0269. The average Bonchev–Trinajstić information content (AvgIpc) is 3.18. The second kappa shape index (κ2) is 10.9. The van der Waals surface area contributed by atoms with Gasteiger partial charge in [-0.2, -0.15) is 5.26 Å². The van der Waals surface area contributed by atoms with E-state index in [9.17, 15) is 14.4 Å². The summed E-state index contributed by atoms with van der Waals surface area (Å²) in [5.74, 6) is -0.439. The van der Waals surface area contributed by atoms with E-state index in [0.29, 0.717) is 31.7 Å². The highest BCUT2D eigenvalue weighted by Crippen LogP contribution is 2.15. The summed E-state index contributed by atoms with van der Waals surface area (Å²) in [7, 11) is 0. The summed E-state index contributed by atoms with van der Waals surface area (Å²) >= 11 is 0. The zero-order valence-corrected chi connectivity index (χ0v) is 15.2. The van der Waals surface area contributed by atoms with Crippen molar-refractivity contribution in [3.05, 3.63) is 35.9 Å². The molecule has 3 amide bonds. The van der Waals surface area contributed by atoms with Crippen LogP contribution in [-0.2, 0) is 9.59 Å². The third kappa shape index (κ3) is 6.72. The molecule has 1 aromatic rings. The second-order valence-corrected chi connectivity index (χ2v) is 6.27. The number of benzene rings is 1. The molecule has 0 bridgehead atoms. The van der Waals surface area contributed by atoms with Crippen LogP contribution in [0.25, 0.3) is 0 Å². The number of likely N-dealkylation sites (tertiary alicyclic amines) is 1. The summed E-state index contributed by atoms with van der Waals surface area (Å²) in [6, 6.07) is 10.7.